The number of rotatable bonds is 7. The summed E-state index contributed by atoms with van der Waals surface area (Å²) >= 11 is 0. The molecule has 2 N–H and O–H groups in total. The van der Waals surface area contributed by atoms with Gasteiger partial charge in [0.25, 0.3) is 7.48 Å². The monoisotopic (exact) mass is 235 g/mol. The van der Waals surface area contributed by atoms with Gasteiger partial charge < -0.3 is 15.1 Å². The fourth-order valence-electron chi connectivity index (χ4n) is 1.58. The van der Waals surface area contributed by atoms with Crippen LogP contribution in [0.25, 0.3) is 0 Å². The molecule has 5 heteroatoms. The maximum Gasteiger partial charge on any atom is 0.304 e. The molecule has 1 aromatic carbocycles. The van der Waals surface area contributed by atoms with E-state index < -0.39 is 0 Å². The number of benzene rings is 1. The van der Waals surface area contributed by atoms with E-state index in [2.05, 4.69) is 0 Å². The number of nitrogens with two attached hydrogens (primary N) is 1. The van der Waals surface area contributed by atoms with Crippen LogP contribution in [0.2, 0.25) is 5.82 Å². The van der Waals surface area contributed by atoms with Crippen LogP contribution in [0, 0.1) is 0 Å². The van der Waals surface area contributed by atoms with Crippen LogP contribution in [0.4, 0.5) is 0 Å². The molecule has 0 amide bonds. The highest BCUT2D eigenvalue weighted by Gasteiger charge is 2.22. The molecule has 1 rings (SSSR count). The first kappa shape index (κ1) is 13.7. The summed E-state index contributed by atoms with van der Waals surface area (Å²) < 4.78 is 10.1. The third-order valence-electron chi connectivity index (χ3n) is 2.38. The zero-order valence-electron chi connectivity index (χ0n) is 10.1. The van der Waals surface area contributed by atoms with Crippen LogP contribution >= 0.6 is 0 Å². The van der Waals surface area contributed by atoms with E-state index >= 15 is 0 Å². The molecule has 0 aliphatic carbocycles. The van der Waals surface area contributed by atoms with E-state index in [-0.39, 0.29) is 18.5 Å². The first-order chi connectivity index (χ1) is 8.27. The number of ether oxygens (including phenoxy) is 1. The lowest BCUT2D eigenvalue weighted by Gasteiger charge is -2.14. The van der Waals surface area contributed by atoms with Crippen LogP contribution in [0.15, 0.2) is 30.3 Å². The van der Waals surface area contributed by atoms with Gasteiger partial charge in [0.1, 0.15) is 0 Å². The second kappa shape index (κ2) is 7.87. The maximum atomic E-state index is 11.7. The first-order valence-electron chi connectivity index (χ1n) is 5.76. The highest BCUT2D eigenvalue weighted by molar-refractivity contribution is 6.36. The quantitative estimate of drug-likeness (QED) is 0.432. The molecule has 17 heavy (non-hydrogen) atoms. The lowest BCUT2D eigenvalue weighted by molar-refractivity contribution is -0.143. The van der Waals surface area contributed by atoms with Gasteiger partial charge in [-0.15, -0.1) is 0 Å². The summed E-state index contributed by atoms with van der Waals surface area (Å²) in [5.74, 6) is -0.522. The van der Waals surface area contributed by atoms with Crippen molar-refractivity contribution in [2.45, 2.75) is 19.2 Å². The van der Waals surface area contributed by atoms with Gasteiger partial charge in [-0.3, -0.25) is 4.79 Å². The van der Waals surface area contributed by atoms with E-state index in [0.29, 0.717) is 20.5 Å². The highest BCUT2D eigenvalue weighted by Crippen LogP contribution is 2.15. The summed E-state index contributed by atoms with van der Waals surface area (Å²) in [6, 6.07) is 9.80. The van der Waals surface area contributed by atoms with Gasteiger partial charge in [0.2, 0.25) is 0 Å². The molecule has 0 aliphatic rings. The van der Waals surface area contributed by atoms with Crippen LogP contribution in [0.5, 0.6) is 0 Å². The van der Waals surface area contributed by atoms with Crippen molar-refractivity contribution < 1.29 is 14.2 Å². The molecule has 0 spiro atoms. The summed E-state index contributed by atoms with van der Waals surface area (Å²) in [7, 11) is 0.296. The summed E-state index contributed by atoms with van der Waals surface area (Å²) in [5, 5.41) is 0. The Hall–Kier alpha value is -1.33. The molecule has 1 atom stereocenters. The van der Waals surface area contributed by atoms with Crippen LogP contribution in [-0.2, 0) is 20.6 Å². The van der Waals surface area contributed by atoms with E-state index in [1.807, 2.05) is 30.3 Å². The molecule has 0 unspecified atom stereocenters. The van der Waals surface area contributed by atoms with Crippen molar-refractivity contribution in [2.75, 3.05) is 13.3 Å². The number of esters is 1. The van der Waals surface area contributed by atoms with Crippen molar-refractivity contribution >= 4 is 13.5 Å². The Morgan fingerprint density at radius 3 is 2.71 bits per heavy atom. The predicted molar refractivity (Wildman–Crippen MR) is 67.8 cm³/mol. The van der Waals surface area contributed by atoms with Gasteiger partial charge >= 0.3 is 5.97 Å². The summed E-state index contributed by atoms with van der Waals surface area (Å²) in [6.07, 6.45) is 0.611. The zero-order valence-corrected chi connectivity index (χ0v) is 10.1. The third-order valence-corrected chi connectivity index (χ3v) is 2.38. The van der Waals surface area contributed by atoms with E-state index in [1.54, 1.807) is 6.92 Å². The van der Waals surface area contributed by atoms with E-state index in [9.17, 15) is 4.79 Å². The molecular weight excluding hydrogens is 217 g/mol. The summed E-state index contributed by atoms with van der Waals surface area (Å²) in [6.45, 7) is 2.29. The fourth-order valence-corrected chi connectivity index (χ4v) is 1.58. The third kappa shape index (κ3) is 5.02. The van der Waals surface area contributed by atoms with Gasteiger partial charge in [-0.2, -0.15) is 0 Å². The topological polar surface area (TPSA) is 61.5 Å². The van der Waals surface area contributed by atoms with Crippen molar-refractivity contribution in [2.24, 2.45) is 5.73 Å². The summed E-state index contributed by atoms with van der Waals surface area (Å²) in [5.41, 5.74) is 6.36. The Morgan fingerprint density at radius 1 is 1.41 bits per heavy atom. The average Bonchev–Trinajstić information content (AvgIpc) is 2.36. The van der Waals surface area contributed by atoms with Crippen molar-refractivity contribution in [3.63, 3.8) is 0 Å². The Labute approximate surface area is 102 Å². The Bertz CT molecular complexity index is 332. The van der Waals surface area contributed by atoms with E-state index in [0.717, 1.165) is 5.56 Å². The van der Waals surface area contributed by atoms with Gasteiger partial charge in [-0.25, -0.2) is 0 Å². The van der Waals surface area contributed by atoms with Crippen LogP contribution in [0.1, 0.15) is 12.5 Å². The minimum atomic E-state index is -0.291. The molecule has 0 bridgehead atoms. The fraction of sp³-hybridized carbons (Fsp3) is 0.417. The van der Waals surface area contributed by atoms with Crippen LogP contribution < -0.4 is 5.73 Å². The minimum absolute atomic E-state index is 0.116. The van der Waals surface area contributed by atoms with Crippen molar-refractivity contribution in [1.29, 1.82) is 0 Å². The smallest absolute Gasteiger partial charge is 0.304 e. The second-order valence-corrected chi connectivity index (χ2v) is 3.68. The minimum Gasteiger partial charge on any atom is -0.466 e. The van der Waals surface area contributed by atoms with Gasteiger partial charge in [-0.1, -0.05) is 30.3 Å². The molecule has 0 radical (unpaired) electrons. The normalized spacial score (nSPS) is 11.9. The molecule has 0 aromatic heterocycles. The number of hydrogen-bond donors (Lipinski definition) is 1. The molecule has 0 fully saturated rings. The van der Waals surface area contributed by atoms with Gasteiger partial charge in [0.15, 0.2) is 0 Å². The van der Waals surface area contributed by atoms with E-state index in [4.69, 9.17) is 15.1 Å². The Kier molecular flexibility index (Phi) is 6.36. The molecule has 1 aromatic rings. The largest absolute Gasteiger partial charge is 0.466 e. The number of carbonyl (C=O) groups excluding carboxylic acids is 1. The molecule has 92 valence electrons. The molecule has 4 nitrogen and oxygen atoms in total. The Morgan fingerprint density at radius 2 is 2.12 bits per heavy atom. The van der Waals surface area contributed by atoms with Crippen molar-refractivity contribution in [3.05, 3.63) is 35.9 Å². The van der Waals surface area contributed by atoms with Gasteiger partial charge in [-0.05, 0) is 18.9 Å². The molecular formula is C12H18BNO3. The SMILES string of the molecule is CCOC(=O)[C@@H](BOCN)Cc1ccccc1. The lowest BCUT2D eigenvalue weighted by Crippen LogP contribution is -2.24. The van der Waals surface area contributed by atoms with Crippen LogP contribution in [-0.4, -0.2) is 26.8 Å². The van der Waals surface area contributed by atoms with Crippen LogP contribution in [0.3, 0.4) is 0 Å². The lowest BCUT2D eigenvalue weighted by atomic mass is 9.76. The standard InChI is InChI=1S/C12H18BNO3/c1-2-16-12(15)11(13-17-9-14)8-10-6-4-3-5-7-10/h3-7,11,13H,2,8-9,14H2,1H3/t11-/m0/s1. The summed E-state index contributed by atoms with van der Waals surface area (Å²) in [4.78, 5) is 11.7. The zero-order chi connectivity index (χ0) is 12.5. The number of hydrogen-bond acceptors (Lipinski definition) is 4. The van der Waals surface area contributed by atoms with Crippen molar-refractivity contribution in [3.8, 4) is 0 Å². The highest BCUT2D eigenvalue weighted by atomic mass is 16.5. The predicted octanol–water partition coefficient (Wildman–Crippen LogP) is 0.865. The maximum absolute atomic E-state index is 11.7. The van der Waals surface area contributed by atoms with E-state index in [1.165, 1.54) is 0 Å². The molecule has 0 heterocycles. The van der Waals surface area contributed by atoms with Crippen molar-refractivity contribution in [1.82, 2.24) is 0 Å². The molecule has 0 aliphatic heterocycles. The molecule has 0 saturated carbocycles. The van der Waals surface area contributed by atoms with Gasteiger partial charge in [0, 0.05) is 0 Å². The average molecular weight is 235 g/mol. The Balaban J connectivity index is 2.59. The number of carbonyl (C=O) groups is 1. The second-order valence-electron chi connectivity index (χ2n) is 3.68. The molecule has 0 saturated heterocycles. The first-order valence-corrected chi connectivity index (χ1v) is 5.76. The van der Waals surface area contributed by atoms with Gasteiger partial charge in [0.05, 0.1) is 19.2 Å².